The lowest BCUT2D eigenvalue weighted by Crippen LogP contribution is -2.47. The summed E-state index contributed by atoms with van der Waals surface area (Å²) < 4.78 is 0. The van der Waals surface area contributed by atoms with Crippen LogP contribution in [0.4, 0.5) is 11.9 Å². The van der Waals surface area contributed by atoms with Gasteiger partial charge in [0.15, 0.2) is 0 Å². The number of carbonyl (C=O) groups is 1. The van der Waals surface area contributed by atoms with Crippen LogP contribution in [-0.4, -0.2) is 58.6 Å². The number of rotatable bonds is 5. The molecule has 0 saturated carbocycles. The molecule has 0 unspecified atom stereocenters. The third-order valence-electron chi connectivity index (χ3n) is 3.68. The molecule has 8 nitrogen and oxygen atoms in total. The van der Waals surface area contributed by atoms with Crippen molar-refractivity contribution in [2.75, 3.05) is 42.5 Å². The van der Waals surface area contributed by atoms with E-state index in [1.54, 1.807) is 36.8 Å². The van der Waals surface area contributed by atoms with Crippen LogP contribution in [0.5, 0.6) is 0 Å². The predicted molar refractivity (Wildman–Crippen MR) is 91.0 cm³/mol. The Morgan fingerprint density at radius 1 is 1.08 bits per heavy atom. The van der Waals surface area contributed by atoms with Crippen LogP contribution in [0.2, 0.25) is 0 Å². The molecular formula is C16H19N7O. The number of aromatic nitrogens is 4. The summed E-state index contributed by atoms with van der Waals surface area (Å²) in [6.07, 6.45) is 6.72. The van der Waals surface area contributed by atoms with Crippen LogP contribution < -0.4 is 15.1 Å². The molecule has 0 aromatic carbocycles. The molecule has 1 aliphatic rings. The van der Waals surface area contributed by atoms with Gasteiger partial charge in [-0.15, -0.1) is 6.58 Å². The second-order valence-electron chi connectivity index (χ2n) is 5.26. The van der Waals surface area contributed by atoms with Crippen LogP contribution in [0, 0.1) is 0 Å². The number of nitrogens with one attached hydrogen (secondary N) is 1. The normalized spacial score (nSPS) is 14.3. The molecule has 0 atom stereocenters. The summed E-state index contributed by atoms with van der Waals surface area (Å²) in [6.45, 7) is 7.04. The maximum absolute atomic E-state index is 12.0. The minimum atomic E-state index is -0.227. The number of hydrogen-bond acceptors (Lipinski definition) is 7. The number of nitrogens with zero attached hydrogens (tertiary/aromatic N) is 6. The van der Waals surface area contributed by atoms with Crippen molar-refractivity contribution in [3.63, 3.8) is 0 Å². The fourth-order valence-electron chi connectivity index (χ4n) is 2.44. The smallest absolute Gasteiger partial charge is 0.270 e. The molecule has 3 heterocycles. The summed E-state index contributed by atoms with van der Waals surface area (Å²) in [5, 5.41) is 2.72. The highest BCUT2D eigenvalue weighted by molar-refractivity contribution is 5.92. The summed E-state index contributed by atoms with van der Waals surface area (Å²) in [7, 11) is 0. The Balaban J connectivity index is 1.64. The van der Waals surface area contributed by atoms with Crippen molar-refractivity contribution in [1.29, 1.82) is 0 Å². The maximum Gasteiger partial charge on any atom is 0.270 e. The molecule has 2 aromatic rings. The van der Waals surface area contributed by atoms with Gasteiger partial charge in [-0.05, 0) is 12.1 Å². The topological polar surface area (TPSA) is 87.1 Å². The molecule has 1 aliphatic heterocycles. The second-order valence-corrected chi connectivity index (χ2v) is 5.26. The zero-order chi connectivity index (χ0) is 16.8. The third-order valence-corrected chi connectivity index (χ3v) is 3.68. The van der Waals surface area contributed by atoms with Crippen molar-refractivity contribution in [3.8, 4) is 0 Å². The van der Waals surface area contributed by atoms with Gasteiger partial charge >= 0.3 is 0 Å². The minimum Gasteiger partial charge on any atom is -0.347 e. The molecule has 124 valence electrons. The highest BCUT2D eigenvalue weighted by atomic mass is 16.1. The first-order valence-corrected chi connectivity index (χ1v) is 7.77. The lowest BCUT2D eigenvalue weighted by molar-refractivity contribution is 0.0953. The fraction of sp³-hybridized carbons (Fsp3) is 0.312. The lowest BCUT2D eigenvalue weighted by atomic mass is 10.3. The van der Waals surface area contributed by atoms with Crippen LogP contribution in [-0.2, 0) is 0 Å². The first kappa shape index (κ1) is 15.9. The average molecular weight is 325 g/mol. The summed E-state index contributed by atoms with van der Waals surface area (Å²) in [5.74, 6) is 1.07. The van der Waals surface area contributed by atoms with Crippen molar-refractivity contribution in [3.05, 3.63) is 49.1 Å². The Labute approximate surface area is 140 Å². The van der Waals surface area contributed by atoms with Gasteiger partial charge < -0.3 is 15.1 Å². The van der Waals surface area contributed by atoms with Gasteiger partial charge in [0.2, 0.25) is 11.9 Å². The monoisotopic (exact) mass is 325 g/mol. The zero-order valence-corrected chi connectivity index (χ0v) is 13.3. The number of carbonyl (C=O) groups excluding carboxylic acids is 1. The van der Waals surface area contributed by atoms with E-state index in [2.05, 4.69) is 41.6 Å². The van der Waals surface area contributed by atoms with Gasteiger partial charge in [0, 0.05) is 51.3 Å². The van der Waals surface area contributed by atoms with Gasteiger partial charge in [0.1, 0.15) is 5.69 Å². The Hall–Kier alpha value is -3.03. The summed E-state index contributed by atoms with van der Waals surface area (Å²) in [4.78, 5) is 33.4. The van der Waals surface area contributed by atoms with E-state index in [-0.39, 0.29) is 5.91 Å². The largest absolute Gasteiger partial charge is 0.347 e. The van der Waals surface area contributed by atoms with Crippen LogP contribution in [0.3, 0.4) is 0 Å². The van der Waals surface area contributed by atoms with E-state index in [4.69, 9.17) is 0 Å². The van der Waals surface area contributed by atoms with E-state index < -0.39 is 0 Å². The van der Waals surface area contributed by atoms with Crippen molar-refractivity contribution >= 4 is 17.8 Å². The molecule has 0 bridgehead atoms. The van der Waals surface area contributed by atoms with Gasteiger partial charge in [0.25, 0.3) is 5.91 Å². The molecular weight excluding hydrogens is 306 g/mol. The van der Waals surface area contributed by atoms with E-state index in [0.717, 1.165) is 32.1 Å². The second kappa shape index (κ2) is 7.49. The molecule has 0 spiro atoms. The van der Waals surface area contributed by atoms with E-state index in [0.29, 0.717) is 18.2 Å². The Morgan fingerprint density at radius 2 is 1.71 bits per heavy atom. The van der Waals surface area contributed by atoms with Crippen LogP contribution in [0.1, 0.15) is 10.5 Å². The average Bonchev–Trinajstić information content (AvgIpc) is 2.67. The van der Waals surface area contributed by atoms with Gasteiger partial charge in [-0.2, -0.15) is 0 Å². The molecule has 1 saturated heterocycles. The fourth-order valence-corrected chi connectivity index (χ4v) is 2.44. The molecule has 1 amide bonds. The third kappa shape index (κ3) is 3.65. The lowest BCUT2D eigenvalue weighted by Gasteiger charge is -2.34. The van der Waals surface area contributed by atoms with Gasteiger partial charge in [-0.25, -0.2) is 19.9 Å². The SMILES string of the molecule is C=CCNC(=O)c1ccnc(N2CCN(c3ncccn3)CC2)n1. The molecule has 0 aliphatic carbocycles. The van der Waals surface area contributed by atoms with Crippen molar-refractivity contribution in [2.24, 2.45) is 0 Å². The molecule has 24 heavy (non-hydrogen) atoms. The number of piperazine rings is 1. The summed E-state index contributed by atoms with van der Waals surface area (Å²) >= 11 is 0. The van der Waals surface area contributed by atoms with E-state index in [1.807, 2.05) is 0 Å². The van der Waals surface area contributed by atoms with E-state index in [1.165, 1.54) is 0 Å². The van der Waals surface area contributed by atoms with Gasteiger partial charge in [-0.1, -0.05) is 6.08 Å². The Kier molecular flexibility index (Phi) is 4.95. The Morgan fingerprint density at radius 3 is 2.38 bits per heavy atom. The zero-order valence-electron chi connectivity index (χ0n) is 13.3. The highest BCUT2D eigenvalue weighted by Crippen LogP contribution is 2.14. The van der Waals surface area contributed by atoms with E-state index in [9.17, 15) is 4.79 Å². The van der Waals surface area contributed by atoms with E-state index >= 15 is 0 Å². The highest BCUT2D eigenvalue weighted by Gasteiger charge is 2.21. The quantitative estimate of drug-likeness (QED) is 0.801. The summed E-state index contributed by atoms with van der Waals surface area (Å²) in [5.41, 5.74) is 0.357. The van der Waals surface area contributed by atoms with Crippen molar-refractivity contribution < 1.29 is 4.79 Å². The van der Waals surface area contributed by atoms with Gasteiger partial charge in [0.05, 0.1) is 0 Å². The predicted octanol–water partition coefficient (Wildman–Crippen LogP) is 0.509. The summed E-state index contributed by atoms with van der Waals surface area (Å²) in [6, 6.07) is 3.41. The van der Waals surface area contributed by atoms with Gasteiger partial charge in [-0.3, -0.25) is 4.79 Å². The molecule has 2 aromatic heterocycles. The van der Waals surface area contributed by atoms with Crippen LogP contribution in [0.25, 0.3) is 0 Å². The first-order chi connectivity index (χ1) is 11.8. The molecule has 1 N–H and O–H groups in total. The Bertz CT molecular complexity index is 699. The minimum absolute atomic E-state index is 0.227. The molecule has 8 heteroatoms. The van der Waals surface area contributed by atoms with Crippen molar-refractivity contribution in [1.82, 2.24) is 25.3 Å². The van der Waals surface area contributed by atoms with Crippen LogP contribution >= 0.6 is 0 Å². The maximum atomic E-state index is 12.0. The first-order valence-electron chi connectivity index (χ1n) is 7.77. The molecule has 1 fully saturated rings. The molecule has 3 rings (SSSR count). The number of amides is 1. The van der Waals surface area contributed by atoms with Crippen LogP contribution in [0.15, 0.2) is 43.4 Å². The molecule has 0 radical (unpaired) electrons. The van der Waals surface area contributed by atoms with Crippen molar-refractivity contribution in [2.45, 2.75) is 0 Å². The number of anilines is 2. The standard InChI is InChI=1S/C16H19N7O/c1-2-5-17-14(24)13-4-8-20-16(21-13)23-11-9-22(10-12-23)15-18-6-3-7-19-15/h2-4,6-8H,1,5,9-12H2,(H,17,24). The number of hydrogen-bond donors (Lipinski definition) is 1.